The largest absolute Gasteiger partial charge is 0.481 e. The van der Waals surface area contributed by atoms with Crippen LogP contribution in [0.3, 0.4) is 0 Å². The molecule has 6 heteroatoms. The van der Waals surface area contributed by atoms with Crippen LogP contribution in [0.25, 0.3) is 0 Å². The quantitative estimate of drug-likeness (QED) is 0.788. The molecule has 1 aromatic heterocycles. The smallest absolute Gasteiger partial charge is 0.303 e. The molecule has 2 N–H and O–H groups in total. The van der Waals surface area contributed by atoms with Gasteiger partial charge in [-0.15, -0.1) is 0 Å². The highest BCUT2D eigenvalue weighted by atomic mass is 16.5. The van der Waals surface area contributed by atoms with Gasteiger partial charge in [-0.2, -0.15) is 0 Å². The van der Waals surface area contributed by atoms with Crippen LogP contribution in [-0.2, 0) is 9.59 Å². The highest BCUT2D eigenvalue weighted by molar-refractivity contribution is 5.92. The Kier molecular flexibility index (Phi) is 5.78. The van der Waals surface area contributed by atoms with E-state index < -0.39 is 5.97 Å². The van der Waals surface area contributed by atoms with Crippen molar-refractivity contribution in [3.8, 4) is 5.88 Å². The van der Waals surface area contributed by atoms with Crippen molar-refractivity contribution in [1.82, 2.24) is 4.98 Å². The zero-order valence-corrected chi connectivity index (χ0v) is 11.0. The lowest BCUT2D eigenvalue weighted by Crippen LogP contribution is -2.15. The third-order valence-electron chi connectivity index (χ3n) is 2.19. The van der Waals surface area contributed by atoms with Gasteiger partial charge in [0.2, 0.25) is 11.8 Å². The van der Waals surface area contributed by atoms with Gasteiger partial charge in [0, 0.05) is 19.0 Å². The molecule has 104 valence electrons. The number of ether oxygens (including phenoxy) is 1. The van der Waals surface area contributed by atoms with Gasteiger partial charge >= 0.3 is 5.97 Å². The van der Waals surface area contributed by atoms with Crippen molar-refractivity contribution in [1.29, 1.82) is 0 Å². The Balaban J connectivity index is 2.56. The average molecular weight is 266 g/mol. The minimum Gasteiger partial charge on any atom is -0.481 e. The Labute approximate surface area is 111 Å². The number of carboxylic acids is 1. The summed E-state index contributed by atoms with van der Waals surface area (Å²) in [6, 6.07) is 3.39. The number of hydrogen-bond donors (Lipinski definition) is 2. The van der Waals surface area contributed by atoms with Crippen LogP contribution in [0.4, 0.5) is 5.69 Å². The van der Waals surface area contributed by atoms with Gasteiger partial charge in [-0.1, -0.05) is 0 Å². The maximum Gasteiger partial charge on any atom is 0.303 e. The second-order valence-corrected chi connectivity index (χ2v) is 4.32. The van der Waals surface area contributed by atoms with E-state index in [1.165, 1.54) is 0 Å². The number of carboxylic acid groups (broad SMARTS) is 1. The molecule has 19 heavy (non-hydrogen) atoms. The van der Waals surface area contributed by atoms with E-state index >= 15 is 0 Å². The minimum absolute atomic E-state index is 0.0180. The van der Waals surface area contributed by atoms with Crippen LogP contribution in [-0.4, -0.2) is 28.1 Å². The number of aromatic nitrogens is 1. The summed E-state index contributed by atoms with van der Waals surface area (Å²) < 4.78 is 5.47. The third kappa shape index (κ3) is 5.85. The van der Waals surface area contributed by atoms with Crippen molar-refractivity contribution in [3.05, 3.63) is 18.3 Å². The second-order valence-electron chi connectivity index (χ2n) is 4.32. The van der Waals surface area contributed by atoms with Crippen LogP contribution in [0, 0.1) is 0 Å². The van der Waals surface area contributed by atoms with E-state index in [9.17, 15) is 9.59 Å². The number of nitrogens with zero attached hydrogens (tertiary/aromatic N) is 1. The third-order valence-corrected chi connectivity index (χ3v) is 2.19. The number of hydrogen-bond acceptors (Lipinski definition) is 4. The molecule has 0 unspecified atom stereocenters. The predicted molar refractivity (Wildman–Crippen MR) is 70.1 cm³/mol. The number of aliphatic carboxylic acids is 1. The molecular formula is C13H18N2O4. The Hall–Kier alpha value is -2.11. The van der Waals surface area contributed by atoms with Gasteiger partial charge in [-0.05, 0) is 32.4 Å². The highest BCUT2D eigenvalue weighted by Crippen LogP contribution is 2.21. The highest BCUT2D eigenvalue weighted by Gasteiger charge is 2.10. The lowest BCUT2D eigenvalue weighted by molar-refractivity contribution is -0.137. The first-order valence-electron chi connectivity index (χ1n) is 6.12. The van der Waals surface area contributed by atoms with Crippen molar-refractivity contribution in [3.63, 3.8) is 0 Å². The van der Waals surface area contributed by atoms with Crippen LogP contribution in [0.2, 0.25) is 0 Å². The normalized spacial score (nSPS) is 10.3. The number of carbonyl (C=O) groups is 2. The van der Waals surface area contributed by atoms with E-state index in [4.69, 9.17) is 9.84 Å². The summed E-state index contributed by atoms with van der Waals surface area (Å²) >= 11 is 0. The first-order chi connectivity index (χ1) is 8.99. The predicted octanol–water partition coefficient (Wildman–Crippen LogP) is 2.06. The van der Waals surface area contributed by atoms with Gasteiger partial charge in [0.25, 0.3) is 0 Å². The first-order valence-corrected chi connectivity index (χ1v) is 6.12. The van der Waals surface area contributed by atoms with E-state index in [1.807, 2.05) is 13.8 Å². The maximum atomic E-state index is 11.6. The van der Waals surface area contributed by atoms with Crippen LogP contribution >= 0.6 is 0 Å². The lowest BCUT2D eigenvalue weighted by Gasteiger charge is -2.13. The number of anilines is 1. The molecule has 0 atom stereocenters. The molecule has 1 amide bonds. The fourth-order valence-corrected chi connectivity index (χ4v) is 1.42. The van der Waals surface area contributed by atoms with E-state index in [1.54, 1.807) is 18.3 Å². The summed E-state index contributed by atoms with van der Waals surface area (Å²) in [4.78, 5) is 26.0. The van der Waals surface area contributed by atoms with Crippen LogP contribution in [0.15, 0.2) is 18.3 Å². The SMILES string of the molecule is CC(C)Oc1ncccc1NC(=O)CCCC(=O)O. The molecule has 0 saturated carbocycles. The second kappa shape index (κ2) is 7.35. The molecule has 1 rings (SSSR count). The van der Waals surface area contributed by atoms with Crippen molar-refractivity contribution < 1.29 is 19.4 Å². The number of rotatable bonds is 7. The molecular weight excluding hydrogens is 248 g/mol. The molecule has 0 aromatic carbocycles. The van der Waals surface area contributed by atoms with Crippen LogP contribution in [0.5, 0.6) is 5.88 Å². The molecule has 0 fully saturated rings. The Bertz CT molecular complexity index is 446. The lowest BCUT2D eigenvalue weighted by atomic mass is 10.2. The van der Waals surface area contributed by atoms with E-state index in [0.29, 0.717) is 18.0 Å². The van der Waals surface area contributed by atoms with E-state index in [2.05, 4.69) is 10.3 Å². The fraction of sp³-hybridized carbons (Fsp3) is 0.462. The number of pyridine rings is 1. The van der Waals surface area contributed by atoms with Gasteiger partial charge in [-0.25, -0.2) is 4.98 Å². The van der Waals surface area contributed by atoms with Crippen molar-refractivity contribution in [2.45, 2.75) is 39.2 Å². The molecule has 0 aliphatic rings. The summed E-state index contributed by atoms with van der Waals surface area (Å²) in [6.45, 7) is 3.74. The monoisotopic (exact) mass is 266 g/mol. The molecule has 1 aromatic rings. The molecule has 1 heterocycles. The molecule has 0 aliphatic heterocycles. The molecule has 0 bridgehead atoms. The molecule has 0 spiro atoms. The fourth-order valence-electron chi connectivity index (χ4n) is 1.42. The van der Waals surface area contributed by atoms with Crippen molar-refractivity contribution >= 4 is 17.6 Å². The van der Waals surface area contributed by atoms with Gasteiger partial charge < -0.3 is 15.2 Å². The topological polar surface area (TPSA) is 88.5 Å². The van der Waals surface area contributed by atoms with Gasteiger partial charge in [0.1, 0.15) is 5.69 Å². The van der Waals surface area contributed by atoms with Gasteiger partial charge in [0.15, 0.2) is 0 Å². The van der Waals surface area contributed by atoms with Crippen LogP contribution in [0.1, 0.15) is 33.1 Å². The first kappa shape index (κ1) is 14.9. The Morgan fingerprint density at radius 1 is 1.42 bits per heavy atom. The standard InChI is InChI=1S/C13H18N2O4/c1-9(2)19-13-10(5-4-8-14-13)15-11(16)6-3-7-12(17)18/h4-5,8-9H,3,6-7H2,1-2H3,(H,15,16)(H,17,18). The van der Waals surface area contributed by atoms with Crippen molar-refractivity contribution in [2.75, 3.05) is 5.32 Å². The Morgan fingerprint density at radius 3 is 2.79 bits per heavy atom. The van der Waals surface area contributed by atoms with Crippen molar-refractivity contribution in [2.24, 2.45) is 0 Å². The number of nitrogens with one attached hydrogen (secondary N) is 1. The molecule has 0 radical (unpaired) electrons. The van der Waals surface area contributed by atoms with E-state index in [-0.39, 0.29) is 24.9 Å². The zero-order chi connectivity index (χ0) is 14.3. The summed E-state index contributed by atoms with van der Waals surface area (Å²) in [6.07, 6.45) is 1.98. The maximum absolute atomic E-state index is 11.6. The number of carbonyl (C=O) groups excluding carboxylic acids is 1. The molecule has 0 aliphatic carbocycles. The van der Waals surface area contributed by atoms with E-state index in [0.717, 1.165) is 0 Å². The van der Waals surface area contributed by atoms with Crippen LogP contribution < -0.4 is 10.1 Å². The summed E-state index contributed by atoms with van der Waals surface area (Å²) in [7, 11) is 0. The van der Waals surface area contributed by atoms with Gasteiger partial charge in [0.05, 0.1) is 6.10 Å². The molecule has 0 saturated heterocycles. The summed E-state index contributed by atoms with van der Waals surface area (Å²) in [5.41, 5.74) is 0.497. The minimum atomic E-state index is -0.905. The Morgan fingerprint density at radius 2 is 2.16 bits per heavy atom. The summed E-state index contributed by atoms with van der Waals surface area (Å²) in [5, 5.41) is 11.2. The van der Waals surface area contributed by atoms with Gasteiger partial charge in [-0.3, -0.25) is 9.59 Å². The summed E-state index contributed by atoms with van der Waals surface area (Å²) in [5.74, 6) is -0.787. The molecule has 6 nitrogen and oxygen atoms in total. The zero-order valence-electron chi connectivity index (χ0n) is 11.0. The average Bonchev–Trinajstić information content (AvgIpc) is 2.30. The number of amides is 1.